The van der Waals surface area contributed by atoms with E-state index in [0.29, 0.717) is 22.8 Å². The molecule has 0 bridgehead atoms. The molecule has 0 aromatic carbocycles. The Kier molecular flexibility index (Phi) is 3.46. The maximum Gasteiger partial charge on any atom is 0.346 e. The zero-order valence-electron chi connectivity index (χ0n) is 10.6. The first-order valence-electron chi connectivity index (χ1n) is 5.51. The summed E-state index contributed by atoms with van der Waals surface area (Å²) in [7, 11) is 0. The second kappa shape index (κ2) is 5.22. The van der Waals surface area contributed by atoms with Crippen LogP contribution in [0.5, 0.6) is 0 Å². The van der Waals surface area contributed by atoms with Crippen molar-refractivity contribution in [2.24, 2.45) is 0 Å². The van der Waals surface area contributed by atoms with Gasteiger partial charge in [0.15, 0.2) is 11.5 Å². The number of nitrogens with one attached hydrogen (secondary N) is 2. The monoisotopic (exact) mass is 275 g/mol. The summed E-state index contributed by atoms with van der Waals surface area (Å²) in [5, 5.41) is 0. The van der Waals surface area contributed by atoms with Gasteiger partial charge in [-0.25, -0.2) is 14.8 Å². The Labute approximate surface area is 112 Å². The fourth-order valence-corrected chi connectivity index (χ4v) is 1.34. The lowest BCUT2D eigenvalue weighted by Gasteiger charge is -1.94. The lowest BCUT2D eigenvalue weighted by molar-refractivity contribution is 1.06. The first-order valence-corrected chi connectivity index (χ1v) is 5.51. The quantitative estimate of drug-likeness (QED) is 0.353. The SMILES string of the molecule is Cc1cnc(=O)[nH]c1N.Nc1nc(N)c2[nH]cnc2n1. The summed E-state index contributed by atoms with van der Waals surface area (Å²) in [4.78, 5) is 30.5. The molecule has 3 aromatic heterocycles. The highest BCUT2D eigenvalue weighted by molar-refractivity contribution is 5.81. The highest BCUT2D eigenvalue weighted by Gasteiger charge is 2.03. The van der Waals surface area contributed by atoms with E-state index in [1.165, 1.54) is 12.5 Å². The second-order valence-corrected chi connectivity index (χ2v) is 3.85. The summed E-state index contributed by atoms with van der Waals surface area (Å²) in [6, 6.07) is 0. The molecular formula is C10H13N9O. The highest BCUT2D eigenvalue weighted by Crippen LogP contribution is 2.12. The third-order valence-corrected chi connectivity index (χ3v) is 2.37. The normalized spacial score (nSPS) is 10.1. The van der Waals surface area contributed by atoms with Crippen LogP contribution in [0.2, 0.25) is 0 Å². The Morgan fingerprint density at radius 3 is 2.55 bits per heavy atom. The van der Waals surface area contributed by atoms with E-state index in [0.717, 1.165) is 5.56 Å². The van der Waals surface area contributed by atoms with E-state index in [4.69, 9.17) is 17.2 Å². The molecule has 0 spiro atoms. The van der Waals surface area contributed by atoms with Gasteiger partial charge in [0.05, 0.1) is 6.33 Å². The fraction of sp³-hybridized carbons (Fsp3) is 0.100. The van der Waals surface area contributed by atoms with Gasteiger partial charge in [0.25, 0.3) is 0 Å². The van der Waals surface area contributed by atoms with Gasteiger partial charge in [0, 0.05) is 11.8 Å². The molecule has 3 aromatic rings. The van der Waals surface area contributed by atoms with Gasteiger partial charge in [0.1, 0.15) is 11.3 Å². The Morgan fingerprint density at radius 2 is 1.90 bits per heavy atom. The van der Waals surface area contributed by atoms with Gasteiger partial charge in [-0.3, -0.25) is 4.98 Å². The van der Waals surface area contributed by atoms with Crippen LogP contribution in [-0.4, -0.2) is 29.9 Å². The van der Waals surface area contributed by atoms with Crippen molar-refractivity contribution in [2.75, 3.05) is 17.2 Å². The van der Waals surface area contributed by atoms with Crippen LogP contribution in [0.25, 0.3) is 11.2 Å². The van der Waals surface area contributed by atoms with Gasteiger partial charge in [-0.15, -0.1) is 0 Å². The summed E-state index contributed by atoms with van der Waals surface area (Å²) < 4.78 is 0. The van der Waals surface area contributed by atoms with Crippen molar-refractivity contribution in [3.05, 3.63) is 28.6 Å². The molecule has 0 aliphatic carbocycles. The number of nitrogens with two attached hydrogens (primary N) is 3. The van der Waals surface area contributed by atoms with Gasteiger partial charge in [-0.2, -0.15) is 9.97 Å². The van der Waals surface area contributed by atoms with Crippen molar-refractivity contribution >= 4 is 28.7 Å². The molecule has 0 radical (unpaired) electrons. The largest absolute Gasteiger partial charge is 0.385 e. The predicted octanol–water partition coefficient (Wildman–Crippen LogP) is -0.822. The number of hydrogen-bond donors (Lipinski definition) is 5. The van der Waals surface area contributed by atoms with E-state index >= 15 is 0 Å². The molecule has 3 rings (SSSR count). The van der Waals surface area contributed by atoms with Crippen LogP contribution >= 0.6 is 0 Å². The number of nitrogen functional groups attached to an aromatic ring is 3. The van der Waals surface area contributed by atoms with Gasteiger partial charge in [-0.1, -0.05) is 0 Å². The van der Waals surface area contributed by atoms with Crippen LogP contribution in [-0.2, 0) is 0 Å². The summed E-state index contributed by atoms with van der Waals surface area (Å²) in [5.74, 6) is 0.849. The molecule has 104 valence electrons. The smallest absolute Gasteiger partial charge is 0.346 e. The molecule has 20 heavy (non-hydrogen) atoms. The molecule has 3 heterocycles. The van der Waals surface area contributed by atoms with Crippen molar-refractivity contribution in [3.8, 4) is 0 Å². The van der Waals surface area contributed by atoms with E-state index in [2.05, 4.69) is 29.9 Å². The van der Waals surface area contributed by atoms with E-state index in [9.17, 15) is 4.79 Å². The zero-order chi connectivity index (χ0) is 14.7. The molecule has 0 saturated heterocycles. The van der Waals surface area contributed by atoms with Gasteiger partial charge in [0.2, 0.25) is 5.95 Å². The lowest BCUT2D eigenvalue weighted by atomic mass is 10.4. The second-order valence-electron chi connectivity index (χ2n) is 3.85. The Hall–Kier alpha value is -3.17. The molecule has 10 nitrogen and oxygen atoms in total. The number of hydrogen-bond acceptors (Lipinski definition) is 8. The average Bonchev–Trinajstić information content (AvgIpc) is 2.83. The van der Waals surface area contributed by atoms with E-state index in [1.54, 1.807) is 6.92 Å². The molecule has 0 saturated carbocycles. The van der Waals surface area contributed by atoms with Crippen molar-refractivity contribution in [1.29, 1.82) is 0 Å². The first kappa shape index (κ1) is 13.3. The van der Waals surface area contributed by atoms with Crippen LogP contribution in [0.4, 0.5) is 17.6 Å². The van der Waals surface area contributed by atoms with Crippen LogP contribution < -0.4 is 22.9 Å². The average molecular weight is 275 g/mol. The number of nitrogens with zero attached hydrogens (tertiary/aromatic N) is 4. The number of aromatic nitrogens is 6. The Balaban J connectivity index is 0.000000151. The predicted molar refractivity (Wildman–Crippen MR) is 74.5 cm³/mol. The number of H-pyrrole nitrogens is 2. The Morgan fingerprint density at radius 1 is 1.15 bits per heavy atom. The number of rotatable bonds is 0. The molecule has 10 heteroatoms. The molecule has 0 aliphatic rings. The molecule has 0 unspecified atom stereocenters. The number of anilines is 3. The maximum atomic E-state index is 10.4. The van der Waals surface area contributed by atoms with Crippen molar-refractivity contribution in [3.63, 3.8) is 0 Å². The minimum absolute atomic E-state index is 0.141. The van der Waals surface area contributed by atoms with E-state index in [1.807, 2.05) is 0 Å². The fourth-order valence-electron chi connectivity index (χ4n) is 1.34. The Bertz CT molecular complexity index is 791. The summed E-state index contributed by atoms with van der Waals surface area (Å²) >= 11 is 0. The summed E-state index contributed by atoms with van der Waals surface area (Å²) in [6.07, 6.45) is 2.93. The van der Waals surface area contributed by atoms with E-state index in [-0.39, 0.29) is 5.95 Å². The van der Waals surface area contributed by atoms with Crippen molar-refractivity contribution in [1.82, 2.24) is 29.9 Å². The van der Waals surface area contributed by atoms with Crippen molar-refractivity contribution in [2.45, 2.75) is 6.92 Å². The number of aromatic amines is 2. The molecular weight excluding hydrogens is 262 g/mol. The van der Waals surface area contributed by atoms with Gasteiger partial charge in [-0.05, 0) is 6.92 Å². The minimum Gasteiger partial charge on any atom is -0.385 e. The third kappa shape index (κ3) is 2.80. The van der Waals surface area contributed by atoms with Crippen LogP contribution in [0, 0.1) is 6.92 Å². The standard InChI is InChI=1S/C5H6N6.C5H7N3O/c6-3-2-4(9-1-8-2)11-5(7)10-3;1-3-2-7-5(9)8-4(3)6/h1H,(H5,6,7,8,9,10,11);2H,1H3,(H3,6,7,8,9). The third-order valence-electron chi connectivity index (χ3n) is 2.37. The topological polar surface area (TPSA) is 178 Å². The maximum absolute atomic E-state index is 10.4. The molecule has 0 fully saturated rings. The molecule has 8 N–H and O–H groups in total. The van der Waals surface area contributed by atoms with Crippen LogP contribution in [0.15, 0.2) is 17.3 Å². The summed E-state index contributed by atoms with van der Waals surface area (Å²) in [6.45, 7) is 1.78. The minimum atomic E-state index is -0.405. The molecule has 0 aliphatic heterocycles. The number of aryl methyl sites for hydroxylation is 1. The van der Waals surface area contributed by atoms with Gasteiger partial charge < -0.3 is 22.2 Å². The first-order chi connectivity index (χ1) is 9.47. The van der Waals surface area contributed by atoms with E-state index < -0.39 is 5.69 Å². The summed E-state index contributed by atoms with van der Waals surface area (Å²) in [5.41, 5.74) is 17.7. The van der Waals surface area contributed by atoms with Crippen LogP contribution in [0.3, 0.4) is 0 Å². The zero-order valence-corrected chi connectivity index (χ0v) is 10.6. The van der Waals surface area contributed by atoms with Crippen LogP contribution in [0.1, 0.15) is 5.56 Å². The number of imidazole rings is 1. The molecule has 0 amide bonds. The molecule has 0 atom stereocenters. The van der Waals surface area contributed by atoms with Gasteiger partial charge >= 0.3 is 5.69 Å². The highest BCUT2D eigenvalue weighted by atomic mass is 16.1. The lowest BCUT2D eigenvalue weighted by Crippen LogP contribution is -2.12. The number of fused-ring (bicyclic) bond motifs is 1. The van der Waals surface area contributed by atoms with Crippen molar-refractivity contribution < 1.29 is 0 Å².